The second-order valence-electron chi connectivity index (χ2n) is 6.14. The van der Waals surface area contributed by atoms with Crippen LogP contribution in [0, 0.1) is 6.92 Å². The average Bonchev–Trinajstić information content (AvgIpc) is 3.00. The first kappa shape index (κ1) is 19.7. The molecular weight excluding hydrogens is 336 g/mol. The highest BCUT2D eigenvalue weighted by Crippen LogP contribution is 2.07. The summed E-state index contributed by atoms with van der Waals surface area (Å²) < 4.78 is 0. The van der Waals surface area contributed by atoms with Gasteiger partial charge in [0, 0.05) is 64.5 Å². The fourth-order valence-corrected chi connectivity index (χ4v) is 3.41. The molecule has 0 aliphatic carbocycles. The molecule has 140 valence electrons. The Morgan fingerprint density at radius 2 is 2.08 bits per heavy atom. The lowest BCUT2D eigenvalue weighted by atomic mass is 10.3. The Hall–Kier alpha value is -1.67. The summed E-state index contributed by atoms with van der Waals surface area (Å²) in [6.45, 7) is 12.6. The van der Waals surface area contributed by atoms with Crippen molar-refractivity contribution in [2.45, 2.75) is 27.2 Å². The number of nitrogens with one attached hydrogen (secondary N) is 2. The number of amides is 1. The van der Waals surface area contributed by atoms with E-state index in [4.69, 9.17) is 0 Å². The zero-order valence-electron chi connectivity index (χ0n) is 15.5. The van der Waals surface area contributed by atoms with E-state index in [9.17, 15) is 4.79 Å². The van der Waals surface area contributed by atoms with Crippen LogP contribution < -0.4 is 10.6 Å². The third-order valence-corrected chi connectivity index (χ3v) is 5.01. The summed E-state index contributed by atoms with van der Waals surface area (Å²) in [7, 11) is 0. The highest BCUT2D eigenvalue weighted by molar-refractivity contribution is 7.09. The lowest BCUT2D eigenvalue weighted by Gasteiger charge is -2.33. The molecule has 7 nitrogen and oxygen atoms in total. The Morgan fingerprint density at radius 1 is 1.32 bits per heavy atom. The van der Waals surface area contributed by atoms with Crippen LogP contribution in [0.5, 0.6) is 0 Å². The number of guanidine groups is 1. The predicted molar refractivity (Wildman–Crippen MR) is 103 cm³/mol. The minimum atomic E-state index is 0.173. The van der Waals surface area contributed by atoms with Crippen molar-refractivity contribution in [1.29, 1.82) is 0 Å². The van der Waals surface area contributed by atoms with E-state index in [1.54, 1.807) is 18.3 Å². The maximum atomic E-state index is 11.4. The molecule has 1 aromatic heterocycles. The van der Waals surface area contributed by atoms with E-state index in [1.807, 2.05) is 11.8 Å². The molecule has 0 bridgehead atoms. The summed E-state index contributed by atoms with van der Waals surface area (Å²) in [6, 6.07) is 0. The summed E-state index contributed by atoms with van der Waals surface area (Å²) in [6.07, 6.45) is 0.905. The third-order valence-electron chi connectivity index (χ3n) is 4.19. The number of rotatable bonds is 7. The molecule has 0 unspecified atom stereocenters. The van der Waals surface area contributed by atoms with E-state index in [1.165, 1.54) is 0 Å². The Bertz CT molecular complexity index is 565. The molecule has 0 atom stereocenters. The van der Waals surface area contributed by atoms with E-state index < -0.39 is 0 Å². The van der Waals surface area contributed by atoms with Crippen molar-refractivity contribution in [2.75, 3.05) is 52.4 Å². The Kier molecular flexibility index (Phi) is 8.14. The van der Waals surface area contributed by atoms with Gasteiger partial charge >= 0.3 is 0 Å². The number of hydrogen-bond donors (Lipinski definition) is 2. The second-order valence-corrected chi connectivity index (χ2v) is 7.21. The smallest absolute Gasteiger partial charge is 0.219 e. The summed E-state index contributed by atoms with van der Waals surface area (Å²) in [5.74, 6) is 1.03. The van der Waals surface area contributed by atoms with Gasteiger partial charge < -0.3 is 15.5 Å². The molecule has 0 aromatic carbocycles. The second kappa shape index (κ2) is 10.4. The lowest BCUT2D eigenvalue weighted by molar-refractivity contribution is -0.130. The summed E-state index contributed by atoms with van der Waals surface area (Å²) in [5.41, 5.74) is 1.13. The molecule has 8 heteroatoms. The van der Waals surface area contributed by atoms with Crippen LogP contribution in [0.4, 0.5) is 0 Å². The van der Waals surface area contributed by atoms with Crippen LogP contribution in [0.15, 0.2) is 10.4 Å². The molecule has 1 saturated heterocycles. The molecule has 0 spiro atoms. The summed E-state index contributed by atoms with van der Waals surface area (Å²) in [5, 5.41) is 9.88. The number of carbonyl (C=O) groups excluding carboxylic acids is 1. The van der Waals surface area contributed by atoms with Gasteiger partial charge in [-0.3, -0.25) is 14.7 Å². The molecule has 2 heterocycles. The molecule has 0 saturated carbocycles. The summed E-state index contributed by atoms with van der Waals surface area (Å²) in [4.78, 5) is 24.8. The van der Waals surface area contributed by atoms with E-state index in [-0.39, 0.29) is 5.91 Å². The monoisotopic (exact) mass is 366 g/mol. The van der Waals surface area contributed by atoms with Gasteiger partial charge in [0.05, 0.1) is 17.2 Å². The van der Waals surface area contributed by atoms with Gasteiger partial charge in [-0.25, -0.2) is 4.98 Å². The Labute approximate surface area is 154 Å². The van der Waals surface area contributed by atoms with Crippen molar-refractivity contribution < 1.29 is 4.79 Å². The number of piperazine rings is 1. The quantitative estimate of drug-likeness (QED) is 0.549. The zero-order valence-corrected chi connectivity index (χ0v) is 16.4. The highest BCUT2D eigenvalue weighted by Gasteiger charge is 2.17. The van der Waals surface area contributed by atoms with E-state index in [0.29, 0.717) is 0 Å². The SMILES string of the molecule is CCNC(=NCCN1CCN(C(C)=O)CC1)NCCc1csc(C)n1. The molecule has 1 fully saturated rings. The number of aryl methyl sites for hydroxylation is 1. The maximum absolute atomic E-state index is 11.4. The van der Waals surface area contributed by atoms with Crippen LogP contribution in [0.1, 0.15) is 24.5 Å². The van der Waals surface area contributed by atoms with Gasteiger partial charge in [-0.1, -0.05) is 0 Å². The van der Waals surface area contributed by atoms with Crippen molar-refractivity contribution in [2.24, 2.45) is 4.99 Å². The van der Waals surface area contributed by atoms with Gasteiger partial charge in [0.15, 0.2) is 5.96 Å². The fourth-order valence-electron chi connectivity index (χ4n) is 2.76. The van der Waals surface area contributed by atoms with E-state index in [0.717, 1.165) is 75.4 Å². The molecule has 25 heavy (non-hydrogen) atoms. The first-order chi connectivity index (χ1) is 12.1. The molecule has 1 aliphatic heterocycles. The van der Waals surface area contributed by atoms with Gasteiger partial charge in [-0.05, 0) is 13.8 Å². The fraction of sp³-hybridized carbons (Fsp3) is 0.706. The van der Waals surface area contributed by atoms with Crippen LogP contribution >= 0.6 is 11.3 Å². The minimum absolute atomic E-state index is 0.173. The third kappa shape index (κ3) is 6.99. The number of hydrogen-bond acceptors (Lipinski definition) is 5. The van der Waals surface area contributed by atoms with Crippen molar-refractivity contribution in [1.82, 2.24) is 25.4 Å². The van der Waals surface area contributed by atoms with Crippen molar-refractivity contribution in [3.63, 3.8) is 0 Å². The van der Waals surface area contributed by atoms with Crippen LogP contribution in [0.3, 0.4) is 0 Å². The predicted octanol–water partition coefficient (Wildman–Crippen LogP) is 0.713. The largest absolute Gasteiger partial charge is 0.357 e. The molecule has 1 aromatic rings. The van der Waals surface area contributed by atoms with E-state index in [2.05, 4.69) is 37.8 Å². The van der Waals surface area contributed by atoms with Crippen LogP contribution in [-0.4, -0.2) is 79.0 Å². The van der Waals surface area contributed by atoms with Gasteiger partial charge in [0.2, 0.25) is 5.91 Å². The van der Waals surface area contributed by atoms with Gasteiger partial charge in [-0.2, -0.15) is 0 Å². The Balaban J connectivity index is 1.69. The number of aromatic nitrogens is 1. The molecular formula is C17H30N6OS. The van der Waals surface area contributed by atoms with Crippen LogP contribution in [-0.2, 0) is 11.2 Å². The lowest BCUT2D eigenvalue weighted by Crippen LogP contribution is -2.48. The standard InChI is InChI=1S/C17H30N6OS/c1-4-18-17(19-6-5-16-13-25-14(2)21-16)20-7-8-22-9-11-23(12-10-22)15(3)24/h13H,4-12H2,1-3H3,(H2,18,19,20). The van der Waals surface area contributed by atoms with Crippen LogP contribution in [0.25, 0.3) is 0 Å². The maximum Gasteiger partial charge on any atom is 0.219 e. The van der Waals surface area contributed by atoms with Gasteiger partial charge in [0.1, 0.15) is 0 Å². The van der Waals surface area contributed by atoms with Crippen LogP contribution in [0.2, 0.25) is 0 Å². The molecule has 1 aliphatic rings. The first-order valence-electron chi connectivity index (χ1n) is 8.99. The first-order valence-corrected chi connectivity index (χ1v) is 9.87. The normalized spacial score (nSPS) is 16.1. The number of aliphatic imine (C=N–C) groups is 1. The Morgan fingerprint density at radius 3 is 2.68 bits per heavy atom. The minimum Gasteiger partial charge on any atom is -0.357 e. The van der Waals surface area contributed by atoms with Crippen molar-refractivity contribution in [3.8, 4) is 0 Å². The average molecular weight is 367 g/mol. The molecule has 0 radical (unpaired) electrons. The molecule has 2 N–H and O–H groups in total. The molecule has 2 rings (SSSR count). The van der Waals surface area contributed by atoms with E-state index >= 15 is 0 Å². The van der Waals surface area contributed by atoms with Crippen molar-refractivity contribution >= 4 is 23.2 Å². The number of carbonyl (C=O) groups is 1. The molecule has 1 amide bonds. The van der Waals surface area contributed by atoms with Gasteiger partial charge in [0.25, 0.3) is 0 Å². The topological polar surface area (TPSA) is 72.9 Å². The zero-order chi connectivity index (χ0) is 18.1. The van der Waals surface area contributed by atoms with Crippen molar-refractivity contribution in [3.05, 3.63) is 16.1 Å². The number of thiazole rings is 1. The number of nitrogens with zero attached hydrogens (tertiary/aromatic N) is 4. The highest BCUT2D eigenvalue weighted by atomic mass is 32.1. The summed E-state index contributed by atoms with van der Waals surface area (Å²) >= 11 is 1.69. The van der Waals surface area contributed by atoms with Gasteiger partial charge in [-0.15, -0.1) is 11.3 Å².